The second-order valence-electron chi connectivity index (χ2n) is 5.65. The van der Waals surface area contributed by atoms with Crippen molar-refractivity contribution in [2.45, 2.75) is 32.2 Å². The van der Waals surface area contributed by atoms with Crippen LogP contribution in [0.3, 0.4) is 0 Å². The third-order valence-electron chi connectivity index (χ3n) is 3.87. The Hall–Kier alpha value is -2.35. The Morgan fingerprint density at radius 1 is 1.42 bits per heavy atom. The molecule has 7 nitrogen and oxygen atoms in total. The fourth-order valence-electron chi connectivity index (χ4n) is 2.39. The van der Waals surface area contributed by atoms with Crippen molar-refractivity contribution >= 4 is 29.3 Å². The number of nitrogens with one attached hydrogen (secondary N) is 3. The number of imide groups is 1. The first kappa shape index (κ1) is 18.0. The quantitative estimate of drug-likeness (QED) is 0.411. The first-order valence-electron chi connectivity index (χ1n) is 7.78. The zero-order valence-corrected chi connectivity index (χ0v) is 14.8. The summed E-state index contributed by atoms with van der Waals surface area (Å²) in [6.07, 6.45) is 1.97. The maximum Gasteiger partial charge on any atom is 0.344 e. The molecule has 1 fully saturated rings. The molecule has 24 heavy (non-hydrogen) atoms. The van der Waals surface area contributed by atoms with Gasteiger partial charge in [0.05, 0.1) is 7.11 Å². The van der Waals surface area contributed by atoms with E-state index >= 15 is 0 Å². The molecule has 1 aromatic rings. The summed E-state index contributed by atoms with van der Waals surface area (Å²) < 4.78 is 5.18. The smallest absolute Gasteiger partial charge is 0.344 e. The van der Waals surface area contributed by atoms with E-state index in [1.165, 1.54) is 0 Å². The number of hydrogen-bond donors (Lipinski definition) is 3. The molecular weight excluding hydrogens is 328 g/mol. The van der Waals surface area contributed by atoms with E-state index in [1.54, 1.807) is 38.3 Å². The lowest BCUT2D eigenvalue weighted by Crippen LogP contribution is -2.51. The topological polar surface area (TPSA) is 82.7 Å². The SMILES string of the molecule is CCCCNC(=S)NN1C(=O)N[C@](C)(c2cccc(OC)c2)C1=O. The zero-order valence-electron chi connectivity index (χ0n) is 14.0. The first-order chi connectivity index (χ1) is 11.4. The average molecular weight is 350 g/mol. The van der Waals surface area contributed by atoms with Crippen LogP contribution in [-0.2, 0) is 10.3 Å². The summed E-state index contributed by atoms with van der Waals surface area (Å²) in [6, 6.07) is 6.48. The second kappa shape index (κ2) is 7.48. The van der Waals surface area contributed by atoms with Crippen LogP contribution >= 0.6 is 12.2 Å². The Balaban J connectivity index is 2.13. The summed E-state index contributed by atoms with van der Waals surface area (Å²) in [6.45, 7) is 4.39. The predicted octanol–water partition coefficient (Wildman–Crippen LogP) is 1.64. The van der Waals surface area contributed by atoms with Gasteiger partial charge in [-0.05, 0) is 43.3 Å². The predicted molar refractivity (Wildman–Crippen MR) is 94.4 cm³/mol. The van der Waals surface area contributed by atoms with Crippen LogP contribution in [0.1, 0.15) is 32.3 Å². The van der Waals surface area contributed by atoms with Crippen LogP contribution in [-0.4, -0.2) is 35.7 Å². The van der Waals surface area contributed by atoms with Crippen LogP contribution in [0.4, 0.5) is 4.79 Å². The van der Waals surface area contributed by atoms with Gasteiger partial charge in [0.1, 0.15) is 11.3 Å². The molecule has 1 saturated heterocycles. The van der Waals surface area contributed by atoms with Crippen molar-refractivity contribution in [3.63, 3.8) is 0 Å². The molecule has 1 aliphatic rings. The Kier molecular flexibility index (Phi) is 5.61. The minimum atomic E-state index is -1.18. The molecule has 0 unspecified atom stereocenters. The van der Waals surface area contributed by atoms with Crippen LogP contribution in [0.25, 0.3) is 0 Å². The first-order valence-corrected chi connectivity index (χ1v) is 8.19. The molecule has 8 heteroatoms. The zero-order chi connectivity index (χ0) is 17.7. The summed E-state index contributed by atoms with van der Waals surface area (Å²) in [7, 11) is 1.55. The van der Waals surface area contributed by atoms with Gasteiger partial charge >= 0.3 is 6.03 Å². The summed E-state index contributed by atoms with van der Waals surface area (Å²) in [5.74, 6) is 0.180. The number of unbranched alkanes of at least 4 members (excludes halogenated alkanes) is 1. The number of methoxy groups -OCH3 is 1. The molecule has 0 aromatic heterocycles. The van der Waals surface area contributed by atoms with Crippen molar-refractivity contribution in [2.24, 2.45) is 0 Å². The number of urea groups is 1. The molecule has 1 aliphatic heterocycles. The van der Waals surface area contributed by atoms with E-state index in [9.17, 15) is 9.59 Å². The molecule has 3 amide bonds. The van der Waals surface area contributed by atoms with Gasteiger partial charge in [0.2, 0.25) is 0 Å². The van der Waals surface area contributed by atoms with Gasteiger partial charge in [-0.25, -0.2) is 4.79 Å². The summed E-state index contributed by atoms with van der Waals surface area (Å²) >= 11 is 5.13. The fraction of sp³-hybridized carbons (Fsp3) is 0.438. The highest BCUT2D eigenvalue weighted by molar-refractivity contribution is 7.80. The highest BCUT2D eigenvalue weighted by atomic mass is 32.1. The highest BCUT2D eigenvalue weighted by Gasteiger charge is 2.49. The van der Waals surface area contributed by atoms with Gasteiger partial charge in [-0.2, -0.15) is 5.01 Å². The van der Waals surface area contributed by atoms with Crippen molar-refractivity contribution in [1.82, 2.24) is 21.1 Å². The molecule has 0 saturated carbocycles. The number of benzene rings is 1. The number of thiocarbonyl (C=S) groups is 1. The van der Waals surface area contributed by atoms with E-state index in [-0.39, 0.29) is 5.11 Å². The van der Waals surface area contributed by atoms with Crippen molar-refractivity contribution in [3.8, 4) is 5.75 Å². The molecule has 1 heterocycles. The number of hydrazine groups is 1. The van der Waals surface area contributed by atoms with Crippen molar-refractivity contribution in [3.05, 3.63) is 29.8 Å². The third-order valence-corrected chi connectivity index (χ3v) is 4.10. The molecule has 2 rings (SSSR count). The molecule has 1 atom stereocenters. The van der Waals surface area contributed by atoms with E-state index in [2.05, 4.69) is 23.0 Å². The van der Waals surface area contributed by atoms with Gasteiger partial charge in [0.15, 0.2) is 5.11 Å². The van der Waals surface area contributed by atoms with Gasteiger partial charge in [0.25, 0.3) is 5.91 Å². The standard InChI is InChI=1S/C16H22N4O3S/c1-4-5-9-17-14(24)19-20-13(21)16(2,18-15(20)22)11-7-6-8-12(10-11)23-3/h6-8,10H,4-5,9H2,1-3H3,(H,18,22)(H2,17,19,24)/t16-/m1/s1. The van der Waals surface area contributed by atoms with Crippen LogP contribution in [0.5, 0.6) is 5.75 Å². The fourth-order valence-corrected chi connectivity index (χ4v) is 2.58. The lowest BCUT2D eigenvalue weighted by Gasteiger charge is -2.23. The van der Waals surface area contributed by atoms with Crippen LogP contribution in [0, 0.1) is 0 Å². The Morgan fingerprint density at radius 2 is 2.17 bits per heavy atom. The minimum absolute atomic E-state index is 0.238. The number of carbonyl (C=O) groups is 2. The molecule has 1 aromatic carbocycles. The molecule has 130 valence electrons. The lowest BCUT2D eigenvalue weighted by atomic mass is 9.92. The summed E-state index contributed by atoms with van der Waals surface area (Å²) in [4.78, 5) is 25.0. The maximum atomic E-state index is 12.8. The number of carbonyl (C=O) groups excluding carboxylic acids is 2. The Bertz CT molecular complexity index is 652. The number of rotatable bonds is 6. The number of amides is 3. The molecule has 0 bridgehead atoms. The van der Waals surface area contributed by atoms with E-state index < -0.39 is 17.5 Å². The van der Waals surface area contributed by atoms with E-state index in [4.69, 9.17) is 17.0 Å². The molecular formula is C16H22N4O3S. The Labute approximate surface area is 146 Å². The number of hydrogen-bond acceptors (Lipinski definition) is 4. The van der Waals surface area contributed by atoms with E-state index in [0.717, 1.165) is 17.9 Å². The third kappa shape index (κ3) is 3.59. The average Bonchev–Trinajstić information content (AvgIpc) is 2.79. The van der Waals surface area contributed by atoms with Crippen LogP contribution < -0.4 is 20.8 Å². The van der Waals surface area contributed by atoms with E-state index in [0.29, 0.717) is 17.9 Å². The van der Waals surface area contributed by atoms with Gasteiger partial charge in [0, 0.05) is 6.54 Å². The van der Waals surface area contributed by atoms with Crippen molar-refractivity contribution in [1.29, 1.82) is 0 Å². The maximum absolute atomic E-state index is 12.8. The summed E-state index contributed by atoms with van der Waals surface area (Å²) in [5.41, 5.74) is 2.10. The molecule has 3 N–H and O–H groups in total. The molecule has 0 spiro atoms. The minimum Gasteiger partial charge on any atom is -0.497 e. The van der Waals surface area contributed by atoms with Crippen molar-refractivity contribution in [2.75, 3.05) is 13.7 Å². The van der Waals surface area contributed by atoms with Crippen LogP contribution in [0.15, 0.2) is 24.3 Å². The van der Waals surface area contributed by atoms with Crippen LogP contribution in [0.2, 0.25) is 0 Å². The number of ether oxygens (including phenoxy) is 1. The van der Waals surface area contributed by atoms with Gasteiger partial charge in [-0.1, -0.05) is 25.5 Å². The van der Waals surface area contributed by atoms with Gasteiger partial charge in [-0.3, -0.25) is 10.2 Å². The largest absolute Gasteiger partial charge is 0.497 e. The normalized spacial score (nSPS) is 19.9. The monoisotopic (exact) mass is 350 g/mol. The van der Waals surface area contributed by atoms with Crippen molar-refractivity contribution < 1.29 is 14.3 Å². The van der Waals surface area contributed by atoms with E-state index in [1.807, 2.05) is 0 Å². The second-order valence-corrected chi connectivity index (χ2v) is 6.06. The molecule has 0 radical (unpaired) electrons. The summed E-state index contributed by atoms with van der Waals surface area (Å²) in [5, 5.41) is 6.81. The Morgan fingerprint density at radius 3 is 2.83 bits per heavy atom. The molecule has 0 aliphatic carbocycles. The van der Waals surface area contributed by atoms with Gasteiger partial charge < -0.3 is 15.4 Å². The highest BCUT2D eigenvalue weighted by Crippen LogP contribution is 2.30. The van der Waals surface area contributed by atoms with Gasteiger partial charge in [-0.15, -0.1) is 0 Å². The lowest BCUT2D eigenvalue weighted by molar-refractivity contribution is -0.132. The number of nitrogens with zero attached hydrogens (tertiary/aromatic N) is 1.